The molecule has 0 bridgehead atoms. The standard InChI is InChI=1S/C7H9F3N2O/c1-6(13,7(8,9)10)4-12-3-2-11-5-12/h2-3,5,13H,4H2,1H3. The van der Waals surface area contributed by atoms with Crippen molar-refractivity contribution in [3.05, 3.63) is 18.7 Å². The molecule has 1 atom stereocenters. The van der Waals surface area contributed by atoms with Crippen molar-refractivity contribution in [1.82, 2.24) is 9.55 Å². The molecule has 0 aliphatic heterocycles. The maximum absolute atomic E-state index is 12.1. The van der Waals surface area contributed by atoms with Crippen molar-refractivity contribution >= 4 is 0 Å². The van der Waals surface area contributed by atoms with Gasteiger partial charge in [-0.3, -0.25) is 0 Å². The maximum Gasteiger partial charge on any atom is 0.418 e. The van der Waals surface area contributed by atoms with Crippen LogP contribution in [0.3, 0.4) is 0 Å². The number of rotatable bonds is 2. The average Bonchev–Trinajstić information content (AvgIpc) is 2.35. The lowest BCUT2D eigenvalue weighted by atomic mass is 10.1. The van der Waals surface area contributed by atoms with Crippen LogP contribution in [0.25, 0.3) is 0 Å². The highest BCUT2D eigenvalue weighted by Gasteiger charge is 2.49. The summed E-state index contributed by atoms with van der Waals surface area (Å²) < 4.78 is 37.6. The van der Waals surface area contributed by atoms with Crippen LogP contribution in [0.2, 0.25) is 0 Å². The third kappa shape index (κ3) is 2.21. The minimum absolute atomic E-state index is 0.545. The van der Waals surface area contributed by atoms with Crippen molar-refractivity contribution in [3.63, 3.8) is 0 Å². The van der Waals surface area contributed by atoms with Crippen molar-refractivity contribution in [2.75, 3.05) is 0 Å². The zero-order valence-corrected chi connectivity index (χ0v) is 6.91. The highest BCUT2D eigenvalue weighted by molar-refractivity contribution is 4.85. The Morgan fingerprint density at radius 1 is 1.46 bits per heavy atom. The second kappa shape index (κ2) is 3.02. The maximum atomic E-state index is 12.1. The number of aromatic nitrogens is 2. The normalized spacial score (nSPS) is 17.0. The zero-order valence-electron chi connectivity index (χ0n) is 6.91. The second-order valence-corrected chi connectivity index (χ2v) is 3.01. The first kappa shape index (κ1) is 10.0. The first-order valence-electron chi connectivity index (χ1n) is 3.58. The van der Waals surface area contributed by atoms with Crippen LogP contribution in [0, 0.1) is 0 Å². The Bertz CT molecular complexity index is 266. The minimum atomic E-state index is -4.63. The summed E-state index contributed by atoms with van der Waals surface area (Å²) in [7, 11) is 0. The molecule has 3 nitrogen and oxygen atoms in total. The lowest BCUT2D eigenvalue weighted by molar-refractivity contribution is -0.257. The minimum Gasteiger partial charge on any atom is -0.379 e. The Kier molecular flexibility index (Phi) is 2.34. The van der Waals surface area contributed by atoms with Crippen LogP contribution in [0.4, 0.5) is 13.2 Å². The Labute approximate surface area is 72.8 Å². The van der Waals surface area contributed by atoms with E-state index in [0.717, 1.165) is 6.92 Å². The molecule has 1 unspecified atom stereocenters. The summed E-state index contributed by atoms with van der Waals surface area (Å²) in [4.78, 5) is 3.57. The van der Waals surface area contributed by atoms with Crippen molar-refractivity contribution in [2.45, 2.75) is 25.2 Å². The van der Waals surface area contributed by atoms with E-state index in [1.807, 2.05) is 0 Å². The van der Waals surface area contributed by atoms with Gasteiger partial charge in [-0.25, -0.2) is 4.98 Å². The van der Waals surface area contributed by atoms with Crippen molar-refractivity contribution in [2.24, 2.45) is 0 Å². The number of aliphatic hydroxyl groups is 1. The van der Waals surface area contributed by atoms with E-state index in [2.05, 4.69) is 4.98 Å². The summed E-state index contributed by atoms with van der Waals surface area (Å²) in [5, 5.41) is 9.05. The van der Waals surface area contributed by atoms with E-state index in [0.29, 0.717) is 0 Å². The molecule has 0 saturated heterocycles. The van der Waals surface area contributed by atoms with E-state index in [1.165, 1.54) is 23.3 Å². The largest absolute Gasteiger partial charge is 0.418 e. The lowest BCUT2D eigenvalue weighted by Crippen LogP contribution is -2.45. The average molecular weight is 194 g/mol. The SMILES string of the molecule is CC(O)(Cn1ccnc1)C(F)(F)F. The number of halogens is 3. The highest BCUT2D eigenvalue weighted by atomic mass is 19.4. The van der Waals surface area contributed by atoms with Gasteiger partial charge in [0.05, 0.1) is 12.9 Å². The highest BCUT2D eigenvalue weighted by Crippen LogP contribution is 2.30. The summed E-state index contributed by atoms with van der Waals surface area (Å²) in [6.45, 7) is 0.184. The van der Waals surface area contributed by atoms with Gasteiger partial charge in [-0.15, -0.1) is 0 Å². The lowest BCUT2D eigenvalue weighted by Gasteiger charge is -2.26. The first-order valence-corrected chi connectivity index (χ1v) is 3.58. The molecule has 1 N–H and O–H groups in total. The number of hydrogen-bond donors (Lipinski definition) is 1. The van der Waals surface area contributed by atoms with Gasteiger partial charge in [0.25, 0.3) is 0 Å². The van der Waals surface area contributed by atoms with Crippen LogP contribution < -0.4 is 0 Å². The predicted octanol–water partition coefficient (Wildman–Crippen LogP) is 1.20. The molecule has 6 heteroatoms. The fraction of sp³-hybridized carbons (Fsp3) is 0.571. The molecule has 0 saturated carbocycles. The van der Waals surface area contributed by atoms with Gasteiger partial charge in [0.15, 0.2) is 5.60 Å². The Morgan fingerprint density at radius 2 is 2.08 bits per heavy atom. The molecular weight excluding hydrogens is 185 g/mol. The van der Waals surface area contributed by atoms with Gasteiger partial charge >= 0.3 is 6.18 Å². The number of imidazole rings is 1. The van der Waals surface area contributed by atoms with Gasteiger partial charge in [-0.05, 0) is 6.92 Å². The summed E-state index contributed by atoms with van der Waals surface area (Å²) in [6, 6.07) is 0. The van der Waals surface area contributed by atoms with Crippen molar-refractivity contribution in [1.29, 1.82) is 0 Å². The van der Waals surface area contributed by atoms with Crippen LogP contribution in [0.15, 0.2) is 18.7 Å². The zero-order chi connectivity index (χ0) is 10.1. The van der Waals surface area contributed by atoms with E-state index < -0.39 is 18.3 Å². The van der Waals surface area contributed by atoms with E-state index >= 15 is 0 Å². The molecule has 0 aromatic carbocycles. The molecule has 1 rings (SSSR count). The van der Waals surface area contributed by atoms with Crippen molar-refractivity contribution in [3.8, 4) is 0 Å². The summed E-state index contributed by atoms with van der Waals surface area (Å²) in [6.07, 6.45) is -0.690. The van der Waals surface area contributed by atoms with Crippen LogP contribution in [0.1, 0.15) is 6.92 Å². The Morgan fingerprint density at radius 3 is 2.46 bits per heavy atom. The smallest absolute Gasteiger partial charge is 0.379 e. The molecule has 1 aromatic heterocycles. The van der Waals surface area contributed by atoms with E-state index in [1.54, 1.807) is 0 Å². The molecule has 0 fully saturated rings. The van der Waals surface area contributed by atoms with E-state index in [9.17, 15) is 13.2 Å². The van der Waals surface area contributed by atoms with E-state index in [4.69, 9.17) is 5.11 Å². The van der Waals surface area contributed by atoms with Gasteiger partial charge < -0.3 is 9.67 Å². The molecule has 1 aromatic rings. The van der Waals surface area contributed by atoms with Crippen molar-refractivity contribution < 1.29 is 18.3 Å². The fourth-order valence-corrected chi connectivity index (χ4v) is 0.825. The summed E-state index contributed by atoms with van der Waals surface area (Å²) in [5.41, 5.74) is -2.71. The van der Waals surface area contributed by atoms with Gasteiger partial charge in [-0.1, -0.05) is 0 Å². The molecule has 1 heterocycles. The van der Waals surface area contributed by atoms with Crippen LogP contribution in [-0.2, 0) is 6.54 Å². The molecule has 0 amide bonds. The molecule has 0 aliphatic rings. The topological polar surface area (TPSA) is 38.0 Å². The quantitative estimate of drug-likeness (QED) is 0.768. The number of nitrogens with zero attached hydrogens (tertiary/aromatic N) is 2. The monoisotopic (exact) mass is 194 g/mol. The first-order chi connectivity index (χ1) is 5.83. The molecule has 0 radical (unpaired) electrons. The van der Waals surface area contributed by atoms with Crippen LogP contribution >= 0.6 is 0 Å². The third-order valence-corrected chi connectivity index (χ3v) is 1.66. The number of hydrogen-bond acceptors (Lipinski definition) is 2. The molecule has 13 heavy (non-hydrogen) atoms. The van der Waals surface area contributed by atoms with Gasteiger partial charge in [-0.2, -0.15) is 13.2 Å². The summed E-state index contributed by atoms with van der Waals surface area (Å²) >= 11 is 0. The molecule has 0 aliphatic carbocycles. The Balaban J connectivity index is 2.73. The van der Waals surface area contributed by atoms with Gasteiger partial charge in [0, 0.05) is 12.4 Å². The van der Waals surface area contributed by atoms with Crippen LogP contribution in [-0.4, -0.2) is 26.4 Å². The fourth-order valence-electron chi connectivity index (χ4n) is 0.825. The summed E-state index contributed by atoms with van der Waals surface area (Å²) in [5.74, 6) is 0. The van der Waals surface area contributed by atoms with Gasteiger partial charge in [0.1, 0.15) is 0 Å². The molecule has 74 valence electrons. The Hall–Kier alpha value is -1.04. The number of alkyl halides is 3. The van der Waals surface area contributed by atoms with Crippen LogP contribution in [0.5, 0.6) is 0 Å². The molecule has 0 spiro atoms. The second-order valence-electron chi connectivity index (χ2n) is 3.01. The van der Waals surface area contributed by atoms with Gasteiger partial charge in [0.2, 0.25) is 0 Å². The molecular formula is C7H9F3N2O. The third-order valence-electron chi connectivity index (χ3n) is 1.66. The predicted molar refractivity (Wildman–Crippen MR) is 38.9 cm³/mol. The van der Waals surface area contributed by atoms with E-state index in [-0.39, 0.29) is 0 Å².